The fourth-order valence-corrected chi connectivity index (χ4v) is 4.03. The number of carbonyl (C=O) groups excluding carboxylic acids is 2. The molecule has 4 nitrogen and oxygen atoms in total. The Balaban J connectivity index is 1.37. The van der Waals surface area contributed by atoms with Crippen molar-refractivity contribution in [3.05, 3.63) is 101 Å². The molecule has 1 aliphatic heterocycles. The number of nitrogens with one attached hydrogen (secondary N) is 1. The third-order valence-electron chi connectivity index (χ3n) is 5.83. The first-order valence-electron chi connectivity index (χ1n) is 10.7. The first-order chi connectivity index (χ1) is 15.5. The van der Waals surface area contributed by atoms with E-state index in [9.17, 15) is 18.4 Å². The number of hydrogen-bond donors (Lipinski definition) is 1. The minimum absolute atomic E-state index is 0.0782. The van der Waals surface area contributed by atoms with Crippen LogP contribution in [0.2, 0.25) is 0 Å². The predicted molar refractivity (Wildman–Crippen MR) is 119 cm³/mol. The van der Waals surface area contributed by atoms with Crippen LogP contribution in [0.15, 0.2) is 72.8 Å². The normalized spacial score (nSPS) is 14.2. The third-order valence-corrected chi connectivity index (χ3v) is 5.83. The average molecular weight is 434 g/mol. The molecule has 1 N–H and O–H groups in total. The van der Waals surface area contributed by atoms with Gasteiger partial charge in [0, 0.05) is 30.8 Å². The number of likely N-dealkylation sites (tertiary alicyclic amines) is 1. The molecule has 0 bridgehead atoms. The van der Waals surface area contributed by atoms with Crippen molar-refractivity contribution in [2.45, 2.75) is 19.3 Å². The van der Waals surface area contributed by atoms with Crippen LogP contribution in [-0.2, 0) is 11.2 Å². The zero-order valence-electron chi connectivity index (χ0n) is 17.6. The monoisotopic (exact) mass is 434 g/mol. The van der Waals surface area contributed by atoms with Gasteiger partial charge in [-0.25, -0.2) is 8.78 Å². The second kappa shape index (κ2) is 9.73. The number of benzene rings is 3. The fraction of sp³-hybridized carbons (Fsp3) is 0.231. The van der Waals surface area contributed by atoms with Gasteiger partial charge in [0.15, 0.2) is 0 Å². The molecular weight excluding hydrogens is 410 g/mol. The molecule has 6 heteroatoms. The Hall–Kier alpha value is -3.54. The van der Waals surface area contributed by atoms with Crippen molar-refractivity contribution in [2.24, 2.45) is 5.92 Å². The number of hydrogen-bond acceptors (Lipinski definition) is 2. The third kappa shape index (κ3) is 5.02. The summed E-state index contributed by atoms with van der Waals surface area (Å²) in [5.74, 6) is -2.38. The molecule has 1 heterocycles. The summed E-state index contributed by atoms with van der Waals surface area (Å²) in [6, 6.07) is 20.7. The van der Waals surface area contributed by atoms with E-state index in [0.717, 1.165) is 28.9 Å². The van der Waals surface area contributed by atoms with E-state index in [2.05, 4.69) is 17.4 Å². The number of piperidine rings is 1. The molecule has 0 aromatic heterocycles. The Bertz CT molecular complexity index is 1110. The van der Waals surface area contributed by atoms with Gasteiger partial charge in [-0.3, -0.25) is 9.59 Å². The van der Waals surface area contributed by atoms with Crippen molar-refractivity contribution < 1.29 is 18.4 Å². The van der Waals surface area contributed by atoms with E-state index < -0.39 is 17.5 Å². The number of nitrogens with zero attached hydrogens (tertiary/aromatic N) is 1. The van der Waals surface area contributed by atoms with Crippen LogP contribution in [0.3, 0.4) is 0 Å². The van der Waals surface area contributed by atoms with Gasteiger partial charge in [-0.2, -0.15) is 0 Å². The molecule has 3 aromatic rings. The maximum atomic E-state index is 13.9. The van der Waals surface area contributed by atoms with Crippen LogP contribution < -0.4 is 5.32 Å². The number of amides is 2. The quantitative estimate of drug-likeness (QED) is 0.611. The second-order valence-electron chi connectivity index (χ2n) is 8.00. The van der Waals surface area contributed by atoms with Crippen LogP contribution in [0.25, 0.3) is 0 Å². The van der Waals surface area contributed by atoms with Gasteiger partial charge in [0.05, 0.1) is 5.56 Å². The molecule has 0 atom stereocenters. The number of para-hydroxylation sites is 1. The minimum atomic E-state index is -0.870. The van der Waals surface area contributed by atoms with Gasteiger partial charge >= 0.3 is 0 Å². The highest BCUT2D eigenvalue weighted by molar-refractivity contribution is 5.95. The van der Waals surface area contributed by atoms with E-state index in [1.54, 1.807) is 0 Å². The summed E-state index contributed by atoms with van der Waals surface area (Å²) >= 11 is 0. The topological polar surface area (TPSA) is 49.4 Å². The first kappa shape index (κ1) is 21.7. The van der Waals surface area contributed by atoms with E-state index in [1.165, 1.54) is 4.90 Å². The van der Waals surface area contributed by atoms with Crippen LogP contribution in [-0.4, -0.2) is 29.8 Å². The molecule has 0 unspecified atom stereocenters. The largest absolute Gasteiger partial charge is 0.339 e. The van der Waals surface area contributed by atoms with Crippen molar-refractivity contribution in [1.29, 1.82) is 0 Å². The Kier molecular flexibility index (Phi) is 6.59. The molecule has 0 aliphatic carbocycles. The molecule has 32 heavy (non-hydrogen) atoms. The van der Waals surface area contributed by atoms with E-state index in [-0.39, 0.29) is 17.4 Å². The fourth-order valence-electron chi connectivity index (χ4n) is 4.03. The lowest BCUT2D eigenvalue weighted by molar-refractivity contribution is -0.121. The van der Waals surface area contributed by atoms with Crippen molar-refractivity contribution in [1.82, 2.24) is 4.90 Å². The molecule has 4 rings (SSSR count). The molecule has 1 aliphatic rings. The Morgan fingerprint density at radius 2 is 1.59 bits per heavy atom. The van der Waals surface area contributed by atoms with Gasteiger partial charge in [0.2, 0.25) is 5.91 Å². The lowest BCUT2D eigenvalue weighted by Crippen LogP contribution is -2.41. The van der Waals surface area contributed by atoms with E-state index in [1.807, 2.05) is 42.5 Å². The van der Waals surface area contributed by atoms with Gasteiger partial charge in [-0.15, -0.1) is 0 Å². The van der Waals surface area contributed by atoms with Gasteiger partial charge in [-0.05, 0) is 48.6 Å². The van der Waals surface area contributed by atoms with Gasteiger partial charge < -0.3 is 10.2 Å². The smallest absolute Gasteiger partial charge is 0.256 e. The van der Waals surface area contributed by atoms with Crippen LogP contribution in [0.5, 0.6) is 0 Å². The molecule has 3 aromatic carbocycles. The summed E-state index contributed by atoms with van der Waals surface area (Å²) in [4.78, 5) is 27.0. The molecule has 2 amide bonds. The molecule has 1 saturated heterocycles. The Labute approximate surface area is 185 Å². The number of carbonyl (C=O) groups is 2. The highest BCUT2D eigenvalue weighted by Crippen LogP contribution is 2.24. The molecule has 1 fully saturated rings. The zero-order chi connectivity index (χ0) is 22.5. The molecule has 0 saturated carbocycles. The average Bonchev–Trinajstić information content (AvgIpc) is 2.81. The summed E-state index contributed by atoms with van der Waals surface area (Å²) in [5.41, 5.74) is 2.83. The predicted octanol–water partition coefficient (Wildman–Crippen LogP) is 5.05. The maximum absolute atomic E-state index is 13.9. The van der Waals surface area contributed by atoms with Crippen molar-refractivity contribution in [3.8, 4) is 0 Å². The molecule has 164 valence electrons. The van der Waals surface area contributed by atoms with Crippen molar-refractivity contribution in [2.75, 3.05) is 18.4 Å². The lowest BCUT2D eigenvalue weighted by Gasteiger charge is -2.31. The number of halogens is 2. The standard InChI is InChI=1S/C26H24F2N2O2/c27-21-10-11-22(23(28)17-21)26(32)30-14-12-19(13-15-30)25(31)29-24-9-5-4-8-20(24)16-18-6-2-1-3-7-18/h1-11,17,19H,12-16H2,(H,29,31). The van der Waals surface area contributed by atoms with Crippen LogP contribution >= 0.6 is 0 Å². The second-order valence-corrected chi connectivity index (χ2v) is 8.00. The van der Waals surface area contributed by atoms with Gasteiger partial charge in [0.1, 0.15) is 11.6 Å². The van der Waals surface area contributed by atoms with E-state index >= 15 is 0 Å². The minimum Gasteiger partial charge on any atom is -0.339 e. The van der Waals surface area contributed by atoms with Crippen LogP contribution in [0.4, 0.5) is 14.5 Å². The summed E-state index contributed by atoms with van der Waals surface area (Å²) in [6.07, 6.45) is 1.69. The number of rotatable bonds is 5. The first-order valence-corrected chi connectivity index (χ1v) is 10.7. The summed E-state index contributed by atoms with van der Waals surface area (Å²) in [6.45, 7) is 0.693. The SMILES string of the molecule is O=C(Nc1ccccc1Cc1ccccc1)C1CCN(C(=O)c2ccc(F)cc2F)CC1. The highest BCUT2D eigenvalue weighted by atomic mass is 19.1. The molecule has 0 radical (unpaired) electrons. The summed E-state index contributed by atoms with van der Waals surface area (Å²) in [7, 11) is 0. The van der Waals surface area contributed by atoms with Crippen molar-refractivity contribution >= 4 is 17.5 Å². The summed E-state index contributed by atoms with van der Waals surface area (Å²) < 4.78 is 27.1. The molecular formula is C26H24F2N2O2. The highest BCUT2D eigenvalue weighted by Gasteiger charge is 2.29. The zero-order valence-corrected chi connectivity index (χ0v) is 17.6. The number of anilines is 1. The van der Waals surface area contributed by atoms with Gasteiger partial charge in [-0.1, -0.05) is 48.5 Å². The molecule has 0 spiro atoms. The van der Waals surface area contributed by atoms with Gasteiger partial charge in [0.25, 0.3) is 5.91 Å². The Morgan fingerprint density at radius 1 is 0.906 bits per heavy atom. The van der Waals surface area contributed by atoms with E-state index in [4.69, 9.17) is 0 Å². The maximum Gasteiger partial charge on any atom is 0.256 e. The van der Waals surface area contributed by atoms with Crippen molar-refractivity contribution in [3.63, 3.8) is 0 Å². The Morgan fingerprint density at radius 3 is 2.31 bits per heavy atom. The summed E-state index contributed by atoms with van der Waals surface area (Å²) in [5, 5.41) is 3.05. The van der Waals surface area contributed by atoms with Crippen LogP contribution in [0, 0.1) is 17.6 Å². The van der Waals surface area contributed by atoms with E-state index in [0.29, 0.717) is 38.4 Å². The van der Waals surface area contributed by atoms with Crippen LogP contribution in [0.1, 0.15) is 34.3 Å². The lowest BCUT2D eigenvalue weighted by atomic mass is 9.94.